The molecular weight excluding hydrogens is 291 g/mol. The fourth-order valence-electron chi connectivity index (χ4n) is 1.60. The van der Waals surface area contributed by atoms with Crippen molar-refractivity contribution in [2.24, 2.45) is 0 Å². The molecule has 0 atom stereocenters. The van der Waals surface area contributed by atoms with E-state index in [0.29, 0.717) is 27.1 Å². The molecule has 0 N–H and O–H groups in total. The van der Waals surface area contributed by atoms with Gasteiger partial charge in [-0.15, -0.1) is 0 Å². The number of rotatable bonds is 3. The van der Waals surface area contributed by atoms with Crippen molar-refractivity contribution in [2.45, 2.75) is 0 Å². The molecule has 1 heterocycles. The summed E-state index contributed by atoms with van der Waals surface area (Å²) in [5.74, 6) is 0.135. The van der Waals surface area contributed by atoms with Gasteiger partial charge in [-0.2, -0.15) is 0 Å². The van der Waals surface area contributed by atoms with Crippen LogP contribution in [0.25, 0.3) is 11.3 Å². The first-order valence-corrected chi connectivity index (χ1v) is 5.92. The largest absolute Gasteiger partial charge is 0.492 e. The Balaban J connectivity index is 2.64. The van der Waals surface area contributed by atoms with E-state index in [2.05, 4.69) is 4.98 Å². The number of hydrogen-bond acceptors (Lipinski definition) is 4. The molecule has 5 nitrogen and oxygen atoms in total. The molecule has 0 bridgehead atoms. The van der Waals surface area contributed by atoms with Gasteiger partial charge in [0.2, 0.25) is 5.69 Å². The molecule has 7 heteroatoms. The Hall–Kier alpha value is -1.85. The number of methoxy groups -OCH3 is 1. The van der Waals surface area contributed by atoms with Gasteiger partial charge in [0.15, 0.2) is 5.75 Å². The molecule has 0 fully saturated rings. The van der Waals surface area contributed by atoms with E-state index in [1.54, 1.807) is 18.2 Å². The summed E-state index contributed by atoms with van der Waals surface area (Å²) in [5, 5.41) is 11.6. The Morgan fingerprint density at radius 3 is 2.37 bits per heavy atom. The van der Waals surface area contributed by atoms with Crippen LogP contribution in [0.1, 0.15) is 0 Å². The second-order valence-corrected chi connectivity index (χ2v) is 4.51. The SMILES string of the molecule is COc1ccc([N+](=O)[O-])nc1-c1cc(Cl)cc(Cl)c1. The molecule has 1 aromatic carbocycles. The zero-order valence-electron chi connectivity index (χ0n) is 9.76. The highest BCUT2D eigenvalue weighted by atomic mass is 35.5. The van der Waals surface area contributed by atoms with E-state index in [1.165, 1.54) is 19.2 Å². The zero-order valence-corrected chi connectivity index (χ0v) is 11.3. The minimum absolute atomic E-state index is 0.271. The lowest BCUT2D eigenvalue weighted by molar-refractivity contribution is -0.389. The van der Waals surface area contributed by atoms with Crippen LogP contribution in [0.5, 0.6) is 5.75 Å². The quantitative estimate of drug-likeness (QED) is 0.635. The Labute approximate surface area is 118 Å². The highest BCUT2D eigenvalue weighted by Crippen LogP contribution is 2.33. The summed E-state index contributed by atoms with van der Waals surface area (Å²) in [5.41, 5.74) is 0.874. The maximum absolute atomic E-state index is 10.8. The van der Waals surface area contributed by atoms with Gasteiger partial charge in [0.25, 0.3) is 0 Å². The van der Waals surface area contributed by atoms with Gasteiger partial charge in [0.05, 0.1) is 7.11 Å². The molecular formula is C12H8Cl2N2O3. The molecule has 0 unspecified atom stereocenters. The minimum Gasteiger partial charge on any atom is -0.492 e. The van der Waals surface area contributed by atoms with Crippen molar-refractivity contribution in [2.75, 3.05) is 7.11 Å². The average molecular weight is 299 g/mol. The number of hydrogen-bond donors (Lipinski definition) is 0. The van der Waals surface area contributed by atoms with Crippen molar-refractivity contribution in [3.63, 3.8) is 0 Å². The normalized spacial score (nSPS) is 10.3. The third-order valence-corrected chi connectivity index (χ3v) is 2.82. The first-order chi connectivity index (χ1) is 9.01. The number of ether oxygens (including phenoxy) is 1. The molecule has 0 saturated heterocycles. The van der Waals surface area contributed by atoms with Crippen molar-refractivity contribution in [1.29, 1.82) is 0 Å². The van der Waals surface area contributed by atoms with Crippen LogP contribution in [0.4, 0.5) is 5.82 Å². The van der Waals surface area contributed by atoms with Gasteiger partial charge < -0.3 is 14.9 Å². The Morgan fingerprint density at radius 1 is 1.21 bits per heavy atom. The molecule has 0 amide bonds. The van der Waals surface area contributed by atoms with Gasteiger partial charge in [-0.1, -0.05) is 23.2 Å². The molecule has 2 rings (SSSR count). The predicted molar refractivity (Wildman–Crippen MR) is 72.9 cm³/mol. The maximum Gasteiger partial charge on any atom is 0.364 e. The highest BCUT2D eigenvalue weighted by Gasteiger charge is 2.18. The molecule has 0 radical (unpaired) electrons. The number of aromatic nitrogens is 1. The summed E-state index contributed by atoms with van der Waals surface area (Å²) >= 11 is 11.8. The van der Waals surface area contributed by atoms with Crippen LogP contribution in [0.15, 0.2) is 30.3 Å². The van der Waals surface area contributed by atoms with Gasteiger partial charge in [-0.25, -0.2) is 0 Å². The van der Waals surface area contributed by atoms with E-state index >= 15 is 0 Å². The molecule has 0 spiro atoms. The Morgan fingerprint density at radius 2 is 1.84 bits per heavy atom. The minimum atomic E-state index is -0.574. The Bertz CT molecular complexity index is 627. The van der Waals surface area contributed by atoms with Crippen LogP contribution in [0.2, 0.25) is 10.0 Å². The molecule has 98 valence electrons. The van der Waals surface area contributed by atoms with E-state index in [0.717, 1.165) is 0 Å². The van der Waals surface area contributed by atoms with Crippen LogP contribution in [0.3, 0.4) is 0 Å². The average Bonchev–Trinajstić information content (AvgIpc) is 2.36. The fraction of sp³-hybridized carbons (Fsp3) is 0.0833. The summed E-state index contributed by atoms with van der Waals surface area (Å²) in [4.78, 5) is 14.1. The third kappa shape index (κ3) is 2.94. The van der Waals surface area contributed by atoms with Crippen LogP contribution in [0, 0.1) is 10.1 Å². The number of pyridine rings is 1. The Kier molecular flexibility index (Phi) is 3.87. The fourth-order valence-corrected chi connectivity index (χ4v) is 2.13. The monoisotopic (exact) mass is 298 g/mol. The van der Waals surface area contributed by atoms with Crippen molar-refractivity contribution in [3.8, 4) is 17.0 Å². The first kappa shape index (κ1) is 13.6. The van der Waals surface area contributed by atoms with E-state index in [-0.39, 0.29) is 5.82 Å². The van der Waals surface area contributed by atoms with Crippen LogP contribution in [-0.4, -0.2) is 17.0 Å². The molecule has 2 aromatic rings. The summed E-state index contributed by atoms with van der Waals surface area (Å²) in [6.07, 6.45) is 0. The maximum atomic E-state index is 10.8. The summed E-state index contributed by atoms with van der Waals surface area (Å²) < 4.78 is 5.14. The van der Waals surface area contributed by atoms with Gasteiger partial charge in [-0.05, 0) is 34.2 Å². The van der Waals surface area contributed by atoms with Gasteiger partial charge in [-0.3, -0.25) is 0 Å². The van der Waals surface area contributed by atoms with Crippen LogP contribution < -0.4 is 4.74 Å². The standard InChI is InChI=1S/C12H8Cl2N2O3/c1-19-10-2-3-11(16(17)18)15-12(10)7-4-8(13)6-9(14)5-7/h2-6H,1H3. The van der Waals surface area contributed by atoms with Crippen molar-refractivity contribution in [3.05, 3.63) is 50.5 Å². The van der Waals surface area contributed by atoms with Crippen molar-refractivity contribution in [1.82, 2.24) is 4.98 Å². The number of halogens is 2. The van der Waals surface area contributed by atoms with E-state index in [4.69, 9.17) is 27.9 Å². The second kappa shape index (κ2) is 5.42. The summed E-state index contributed by atoms with van der Waals surface area (Å²) in [6.45, 7) is 0. The topological polar surface area (TPSA) is 65.3 Å². The number of nitrogens with zero attached hydrogens (tertiary/aromatic N) is 2. The molecule has 19 heavy (non-hydrogen) atoms. The molecule has 0 saturated carbocycles. The summed E-state index contributed by atoms with van der Waals surface area (Å²) in [6, 6.07) is 7.55. The lowest BCUT2D eigenvalue weighted by atomic mass is 10.1. The number of nitro groups is 1. The highest BCUT2D eigenvalue weighted by molar-refractivity contribution is 6.35. The third-order valence-electron chi connectivity index (χ3n) is 2.39. The molecule has 0 aliphatic carbocycles. The van der Waals surface area contributed by atoms with E-state index < -0.39 is 4.92 Å². The van der Waals surface area contributed by atoms with Crippen LogP contribution in [-0.2, 0) is 0 Å². The van der Waals surface area contributed by atoms with Gasteiger partial charge >= 0.3 is 5.82 Å². The predicted octanol–water partition coefficient (Wildman–Crippen LogP) is 3.97. The van der Waals surface area contributed by atoms with Crippen molar-refractivity contribution >= 4 is 29.0 Å². The van der Waals surface area contributed by atoms with Crippen molar-refractivity contribution < 1.29 is 9.66 Å². The lowest BCUT2D eigenvalue weighted by Gasteiger charge is -2.05. The smallest absolute Gasteiger partial charge is 0.364 e. The van der Waals surface area contributed by atoms with Gasteiger partial charge in [0, 0.05) is 21.7 Å². The van der Waals surface area contributed by atoms with E-state index in [1.807, 2.05) is 0 Å². The van der Waals surface area contributed by atoms with E-state index in [9.17, 15) is 10.1 Å². The molecule has 0 aliphatic heterocycles. The summed E-state index contributed by atoms with van der Waals surface area (Å²) in [7, 11) is 1.46. The van der Waals surface area contributed by atoms with Gasteiger partial charge in [0.1, 0.15) is 0 Å². The molecule has 1 aromatic heterocycles. The number of benzene rings is 1. The lowest BCUT2D eigenvalue weighted by Crippen LogP contribution is -1.97. The molecule has 0 aliphatic rings. The van der Waals surface area contributed by atoms with Crippen LogP contribution >= 0.6 is 23.2 Å². The second-order valence-electron chi connectivity index (χ2n) is 3.64. The zero-order chi connectivity index (χ0) is 14.0. The first-order valence-electron chi connectivity index (χ1n) is 5.17.